The minimum atomic E-state index is -0.369. The molecular weight excluding hydrogens is 344 g/mol. The van der Waals surface area contributed by atoms with Crippen molar-refractivity contribution in [2.45, 2.75) is 0 Å². The molecule has 0 aliphatic carbocycles. The van der Waals surface area contributed by atoms with Gasteiger partial charge in [0.2, 0.25) is 0 Å². The van der Waals surface area contributed by atoms with Crippen LogP contribution in [0.15, 0.2) is 72.9 Å². The van der Waals surface area contributed by atoms with E-state index in [1.54, 1.807) is 23.6 Å². The van der Waals surface area contributed by atoms with Crippen LogP contribution in [0.1, 0.15) is 0 Å². The van der Waals surface area contributed by atoms with Gasteiger partial charge in [-0.25, -0.2) is 4.98 Å². The molecule has 2 heterocycles. The largest absolute Gasteiger partial charge is 0.295 e. The lowest BCUT2D eigenvalue weighted by molar-refractivity contribution is -0.384. The summed E-state index contributed by atoms with van der Waals surface area (Å²) in [4.78, 5) is 15.5. The van der Waals surface area contributed by atoms with Crippen LogP contribution in [0, 0.1) is 10.1 Å². The highest BCUT2D eigenvalue weighted by atomic mass is 32.1. The van der Waals surface area contributed by atoms with Gasteiger partial charge < -0.3 is 0 Å². The second kappa shape index (κ2) is 5.61. The topological polar surface area (TPSA) is 56.0 Å². The molecule has 5 heteroatoms. The SMILES string of the molecule is O=[N+]([O-])c1cccnc1-c1cc2sc3ccccc3c2c2ccccc12. The quantitative estimate of drug-likeness (QED) is 0.280. The Labute approximate surface area is 152 Å². The molecule has 0 fully saturated rings. The molecule has 0 atom stereocenters. The molecule has 124 valence electrons. The van der Waals surface area contributed by atoms with E-state index < -0.39 is 0 Å². The monoisotopic (exact) mass is 356 g/mol. The van der Waals surface area contributed by atoms with E-state index in [9.17, 15) is 10.1 Å². The van der Waals surface area contributed by atoms with Crippen LogP contribution in [0.25, 0.3) is 42.2 Å². The smallest absolute Gasteiger partial charge is 0.258 e. The van der Waals surface area contributed by atoms with Crippen LogP contribution in [0.5, 0.6) is 0 Å². The maximum Gasteiger partial charge on any atom is 0.295 e. The highest BCUT2D eigenvalue weighted by Crippen LogP contribution is 2.43. The second-order valence-corrected chi connectivity index (χ2v) is 7.15. The van der Waals surface area contributed by atoms with Gasteiger partial charge in [-0.05, 0) is 29.0 Å². The summed E-state index contributed by atoms with van der Waals surface area (Å²) < 4.78 is 2.32. The molecule has 0 N–H and O–H groups in total. The summed E-state index contributed by atoms with van der Waals surface area (Å²) in [6, 6.07) is 21.5. The number of benzene rings is 3. The first-order valence-electron chi connectivity index (χ1n) is 8.17. The van der Waals surface area contributed by atoms with E-state index in [1.165, 1.54) is 21.5 Å². The van der Waals surface area contributed by atoms with Crippen molar-refractivity contribution in [2.24, 2.45) is 0 Å². The van der Waals surface area contributed by atoms with Gasteiger partial charge >= 0.3 is 0 Å². The van der Waals surface area contributed by atoms with Gasteiger partial charge in [-0.15, -0.1) is 11.3 Å². The Balaban J connectivity index is 1.98. The van der Waals surface area contributed by atoms with Crippen molar-refractivity contribution < 1.29 is 4.92 Å². The molecule has 0 radical (unpaired) electrons. The van der Waals surface area contributed by atoms with E-state index in [4.69, 9.17) is 0 Å². The van der Waals surface area contributed by atoms with Crippen LogP contribution >= 0.6 is 11.3 Å². The Morgan fingerprint density at radius 2 is 1.58 bits per heavy atom. The van der Waals surface area contributed by atoms with E-state index in [1.807, 2.05) is 36.4 Å². The zero-order valence-electron chi connectivity index (χ0n) is 13.5. The Bertz CT molecular complexity index is 1320. The Morgan fingerprint density at radius 3 is 2.38 bits per heavy atom. The number of hydrogen-bond acceptors (Lipinski definition) is 4. The zero-order chi connectivity index (χ0) is 17.7. The minimum Gasteiger partial charge on any atom is -0.258 e. The average molecular weight is 356 g/mol. The van der Waals surface area contributed by atoms with Crippen molar-refractivity contribution in [1.29, 1.82) is 0 Å². The Morgan fingerprint density at radius 1 is 0.846 bits per heavy atom. The fourth-order valence-electron chi connectivity index (χ4n) is 3.54. The summed E-state index contributed by atoms with van der Waals surface area (Å²) in [6.45, 7) is 0. The fourth-order valence-corrected chi connectivity index (χ4v) is 4.70. The second-order valence-electron chi connectivity index (χ2n) is 6.07. The van der Waals surface area contributed by atoms with Crippen LogP contribution in [0.2, 0.25) is 0 Å². The van der Waals surface area contributed by atoms with Gasteiger partial charge in [0, 0.05) is 38.0 Å². The van der Waals surface area contributed by atoms with Crippen molar-refractivity contribution in [2.75, 3.05) is 0 Å². The number of nitrogens with zero attached hydrogens (tertiary/aromatic N) is 2. The van der Waals surface area contributed by atoms with E-state index in [2.05, 4.69) is 23.2 Å². The summed E-state index contributed by atoms with van der Waals surface area (Å²) in [7, 11) is 0. The molecule has 26 heavy (non-hydrogen) atoms. The van der Waals surface area contributed by atoms with Gasteiger partial charge in [0.1, 0.15) is 5.69 Å². The lowest BCUT2D eigenvalue weighted by Gasteiger charge is -2.08. The molecule has 0 bridgehead atoms. The maximum atomic E-state index is 11.5. The summed E-state index contributed by atoms with van der Waals surface area (Å²) >= 11 is 1.70. The normalized spacial score (nSPS) is 11.4. The Kier molecular flexibility index (Phi) is 3.23. The number of rotatable bonds is 2. The molecule has 0 saturated heterocycles. The molecule has 0 unspecified atom stereocenters. The van der Waals surface area contributed by atoms with Gasteiger partial charge in [0.25, 0.3) is 5.69 Å². The maximum absolute atomic E-state index is 11.5. The number of pyridine rings is 1. The van der Waals surface area contributed by atoms with Gasteiger partial charge in [-0.2, -0.15) is 0 Å². The van der Waals surface area contributed by atoms with Gasteiger partial charge in [-0.1, -0.05) is 42.5 Å². The summed E-state index contributed by atoms with van der Waals surface area (Å²) in [6.07, 6.45) is 1.60. The van der Waals surface area contributed by atoms with Gasteiger partial charge in [-0.3, -0.25) is 10.1 Å². The predicted molar refractivity (Wildman–Crippen MR) is 107 cm³/mol. The standard InChI is InChI=1S/C21H12N2O2S/c24-23(25)17-9-5-11-22-21(17)16-12-19-20(14-7-2-1-6-13(14)16)15-8-3-4-10-18(15)26-19/h1-12H. The number of hydrogen-bond donors (Lipinski definition) is 0. The molecular formula is C21H12N2O2S. The molecule has 4 nitrogen and oxygen atoms in total. The highest BCUT2D eigenvalue weighted by Gasteiger charge is 2.20. The van der Waals surface area contributed by atoms with Crippen LogP contribution in [0.3, 0.4) is 0 Å². The first-order valence-corrected chi connectivity index (χ1v) is 8.98. The fraction of sp³-hybridized carbons (Fsp3) is 0. The number of fused-ring (bicyclic) bond motifs is 5. The zero-order valence-corrected chi connectivity index (χ0v) is 14.4. The van der Waals surface area contributed by atoms with Crippen molar-refractivity contribution in [1.82, 2.24) is 4.98 Å². The molecule has 2 aromatic heterocycles. The molecule has 3 aromatic carbocycles. The first-order chi connectivity index (χ1) is 12.7. The third kappa shape index (κ3) is 2.11. The van der Waals surface area contributed by atoms with Crippen LogP contribution in [-0.2, 0) is 0 Å². The molecule has 0 aliphatic rings. The number of aromatic nitrogens is 1. The van der Waals surface area contributed by atoms with E-state index in [0.29, 0.717) is 5.69 Å². The van der Waals surface area contributed by atoms with Gasteiger partial charge in [0.05, 0.1) is 4.92 Å². The Hall–Kier alpha value is -3.31. The molecule has 0 amide bonds. The molecule has 5 aromatic rings. The minimum absolute atomic E-state index is 0.0260. The lowest BCUT2D eigenvalue weighted by Crippen LogP contribution is -1.94. The van der Waals surface area contributed by atoms with E-state index >= 15 is 0 Å². The molecule has 0 spiro atoms. The number of thiophene rings is 1. The van der Waals surface area contributed by atoms with E-state index in [-0.39, 0.29) is 10.6 Å². The van der Waals surface area contributed by atoms with Crippen LogP contribution in [0.4, 0.5) is 5.69 Å². The molecule has 0 saturated carbocycles. The van der Waals surface area contributed by atoms with Crippen molar-refractivity contribution >= 4 is 48.0 Å². The number of nitro groups is 1. The predicted octanol–water partition coefficient (Wildman–Crippen LogP) is 6.18. The summed E-state index contributed by atoms with van der Waals surface area (Å²) in [5.74, 6) is 0. The van der Waals surface area contributed by atoms with Crippen molar-refractivity contribution in [3.63, 3.8) is 0 Å². The third-order valence-electron chi connectivity index (χ3n) is 4.62. The first kappa shape index (κ1) is 15.0. The molecule has 5 rings (SSSR count). The van der Waals surface area contributed by atoms with Gasteiger partial charge in [0.15, 0.2) is 0 Å². The van der Waals surface area contributed by atoms with Crippen LogP contribution in [-0.4, -0.2) is 9.91 Å². The van der Waals surface area contributed by atoms with Crippen molar-refractivity contribution in [3.8, 4) is 11.3 Å². The molecule has 0 aliphatic heterocycles. The average Bonchev–Trinajstić information content (AvgIpc) is 3.06. The van der Waals surface area contributed by atoms with E-state index in [0.717, 1.165) is 21.0 Å². The lowest BCUT2D eigenvalue weighted by atomic mass is 9.97. The van der Waals surface area contributed by atoms with Crippen molar-refractivity contribution in [3.05, 3.63) is 83.0 Å². The highest BCUT2D eigenvalue weighted by molar-refractivity contribution is 7.26. The summed E-state index contributed by atoms with van der Waals surface area (Å²) in [5, 5.41) is 16.0. The van der Waals surface area contributed by atoms with Crippen LogP contribution < -0.4 is 0 Å². The third-order valence-corrected chi connectivity index (χ3v) is 5.74. The summed E-state index contributed by atoms with van der Waals surface area (Å²) in [5.41, 5.74) is 1.23.